The van der Waals surface area contributed by atoms with Gasteiger partial charge in [0.1, 0.15) is 18.4 Å². The van der Waals surface area contributed by atoms with Gasteiger partial charge in [-0.2, -0.15) is 0 Å². The molecule has 3 unspecified atom stereocenters. The lowest BCUT2D eigenvalue weighted by molar-refractivity contribution is -0.158. The molecule has 1 rings (SSSR count). The van der Waals surface area contributed by atoms with Crippen LogP contribution in [0, 0.1) is 0 Å². The highest BCUT2D eigenvalue weighted by Crippen LogP contribution is 2.27. The van der Waals surface area contributed by atoms with Crippen LogP contribution in [0.1, 0.15) is 33.1 Å². The molecule has 1 saturated carbocycles. The van der Waals surface area contributed by atoms with Crippen LogP contribution in [0.25, 0.3) is 0 Å². The van der Waals surface area contributed by atoms with E-state index in [1.807, 2.05) is 0 Å². The Morgan fingerprint density at radius 3 is 2.05 bits per heavy atom. The number of ether oxygens (including phenoxy) is 2. The number of carbonyl (C=O) groups is 2. The SMILES string of the molecule is C=C(C)C(=O)OC1CCC(OC(=O)C(=C)C)C(F)C1. The monoisotopic (exact) mass is 270 g/mol. The molecule has 4 nitrogen and oxygen atoms in total. The van der Waals surface area contributed by atoms with E-state index in [0.717, 1.165) is 0 Å². The van der Waals surface area contributed by atoms with E-state index in [1.165, 1.54) is 13.8 Å². The minimum atomic E-state index is -1.33. The summed E-state index contributed by atoms with van der Waals surface area (Å²) < 4.78 is 23.9. The number of halogens is 1. The molecule has 0 heterocycles. The first-order chi connectivity index (χ1) is 8.81. The molecule has 0 radical (unpaired) electrons. The van der Waals surface area contributed by atoms with Crippen LogP contribution >= 0.6 is 0 Å². The zero-order valence-electron chi connectivity index (χ0n) is 11.3. The standard InChI is InChI=1S/C14H19FO4/c1-8(2)13(16)18-10-5-6-12(11(15)7-10)19-14(17)9(3)4/h10-12H,1,3,5-7H2,2,4H3. The summed E-state index contributed by atoms with van der Waals surface area (Å²) in [5.41, 5.74) is 0.522. The highest BCUT2D eigenvalue weighted by Gasteiger charge is 2.35. The second-order valence-electron chi connectivity index (χ2n) is 4.86. The van der Waals surface area contributed by atoms with Gasteiger partial charge in [0.15, 0.2) is 0 Å². The maximum atomic E-state index is 13.9. The van der Waals surface area contributed by atoms with Crippen LogP contribution in [0.2, 0.25) is 0 Å². The third-order valence-corrected chi connectivity index (χ3v) is 2.89. The molecule has 106 valence electrons. The van der Waals surface area contributed by atoms with Gasteiger partial charge in [0.05, 0.1) is 0 Å². The maximum absolute atomic E-state index is 13.9. The Kier molecular flexibility index (Phi) is 5.27. The summed E-state index contributed by atoms with van der Waals surface area (Å²) in [5, 5.41) is 0. The average Bonchev–Trinajstić information content (AvgIpc) is 2.32. The molecule has 1 fully saturated rings. The van der Waals surface area contributed by atoms with Crippen LogP contribution in [0.5, 0.6) is 0 Å². The number of rotatable bonds is 4. The first kappa shape index (κ1) is 15.4. The molecule has 0 N–H and O–H groups in total. The van der Waals surface area contributed by atoms with E-state index in [4.69, 9.17) is 9.47 Å². The summed E-state index contributed by atoms with van der Waals surface area (Å²) in [5.74, 6) is -1.11. The normalized spacial score (nSPS) is 26.4. The van der Waals surface area contributed by atoms with Crippen molar-refractivity contribution in [2.45, 2.75) is 51.5 Å². The molecule has 0 aromatic rings. The van der Waals surface area contributed by atoms with Crippen molar-refractivity contribution in [3.05, 3.63) is 24.3 Å². The van der Waals surface area contributed by atoms with Gasteiger partial charge in [-0.25, -0.2) is 14.0 Å². The third kappa shape index (κ3) is 4.50. The summed E-state index contributed by atoms with van der Waals surface area (Å²) in [6.07, 6.45) is -1.78. The van der Waals surface area contributed by atoms with Crippen LogP contribution in [0.3, 0.4) is 0 Å². The van der Waals surface area contributed by atoms with Gasteiger partial charge in [0.2, 0.25) is 0 Å². The number of carbonyl (C=O) groups excluding carboxylic acids is 2. The van der Waals surface area contributed by atoms with Crippen molar-refractivity contribution in [3.8, 4) is 0 Å². The molecule has 0 aliphatic heterocycles. The van der Waals surface area contributed by atoms with E-state index in [0.29, 0.717) is 12.8 Å². The molecule has 1 aliphatic rings. The molecule has 0 aromatic heterocycles. The van der Waals surface area contributed by atoms with Gasteiger partial charge in [-0.3, -0.25) is 0 Å². The molecule has 0 amide bonds. The topological polar surface area (TPSA) is 52.6 Å². The van der Waals surface area contributed by atoms with E-state index in [-0.39, 0.29) is 17.6 Å². The van der Waals surface area contributed by atoms with Gasteiger partial charge < -0.3 is 9.47 Å². The Bertz CT molecular complexity index is 402. The summed E-state index contributed by atoms with van der Waals surface area (Å²) in [7, 11) is 0. The zero-order chi connectivity index (χ0) is 14.6. The van der Waals surface area contributed by atoms with E-state index in [2.05, 4.69) is 13.2 Å². The maximum Gasteiger partial charge on any atom is 0.333 e. The van der Waals surface area contributed by atoms with Crippen LogP contribution < -0.4 is 0 Å². The van der Waals surface area contributed by atoms with Crippen molar-refractivity contribution >= 4 is 11.9 Å². The second-order valence-corrected chi connectivity index (χ2v) is 4.86. The van der Waals surface area contributed by atoms with Gasteiger partial charge in [-0.1, -0.05) is 13.2 Å². The minimum Gasteiger partial charge on any atom is -0.459 e. The first-order valence-electron chi connectivity index (χ1n) is 6.18. The Morgan fingerprint density at radius 2 is 1.58 bits per heavy atom. The van der Waals surface area contributed by atoms with Crippen molar-refractivity contribution in [3.63, 3.8) is 0 Å². The zero-order valence-corrected chi connectivity index (χ0v) is 11.3. The number of hydrogen-bond acceptors (Lipinski definition) is 4. The molecule has 0 spiro atoms. The van der Waals surface area contributed by atoms with Gasteiger partial charge in [-0.15, -0.1) is 0 Å². The molecule has 3 atom stereocenters. The number of esters is 2. The predicted molar refractivity (Wildman–Crippen MR) is 68.1 cm³/mol. The smallest absolute Gasteiger partial charge is 0.333 e. The van der Waals surface area contributed by atoms with Crippen LogP contribution in [-0.4, -0.2) is 30.3 Å². The van der Waals surface area contributed by atoms with Crippen LogP contribution in [0.4, 0.5) is 4.39 Å². The van der Waals surface area contributed by atoms with Gasteiger partial charge in [0, 0.05) is 17.6 Å². The lowest BCUT2D eigenvalue weighted by Gasteiger charge is -2.31. The quantitative estimate of drug-likeness (QED) is 0.581. The van der Waals surface area contributed by atoms with Gasteiger partial charge in [0.25, 0.3) is 0 Å². The van der Waals surface area contributed by atoms with Crippen molar-refractivity contribution in [2.24, 2.45) is 0 Å². The Labute approximate surface area is 112 Å². The van der Waals surface area contributed by atoms with Crippen molar-refractivity contribution in [1.29, 1.82) is 0 Å². The lowest BCUT2D eigenvalue weighted by atomic mass is 9.93. The molecular formula is C14H19FO4. The predicted octanol–water partition coefficient (Wildman–Crippen LogP) is 2.48. The molecule has 0 bridgehead atoms. The van der Waals surface area contributed by atoms with Crippen molar-refractivity contribution in [2.75, 3.05) is 0 Å². The van der Waals surface area contributed by atoms with Crippen LogP contribution in [-0.2, 0) is 19.1 Å². The van der Waals surface area contributed by atoms with E-state index in [1.54, 1.807) is 0 Å². The molecule has 0 saturated heterocycles. The average molecular weight is 270 g/mol. The van der Waals surface area contributed by atoms with E-state index in [9.17, 15) is 14.0 Å². The summed E-state index contributed by atoms with van der Waals surface area (Å²) in [6, 6.07) is 0. The summed E-state index contributed by atoms with van der Waals surface area (Å²) in [6.45, 7) is 9.96. The van der Waals surface area contributed by atoms with Gasteiger partial charge >= 0.3 is 11.9 Å². The lowest BCUT2D eigenvalue weighted by Crippen LogP contribution is -2.38. The number of hydrogen-bond donors (Lipinski definition) is 0. The van der Waals surface area contributed by atoms with Crippen molar-refractivity contribution in [1.82, 2.24) is 0 Å². The fourth-order valence-corrected chi connectivity index (χ4v) is 1.78. The first-order valence-corrected chi connectivity index (χ1v) is 6.18. The van der Waals surface area contributed by atoms with E-state index >= 15 is 0 Å². The fourth-order valence-electron chi connectivity index (χ4n) is 1.78. The second kappa shape index (κ2) is 6.50. The molecule has 5 heteroatoms. The summed E-state index contributed by atoms with van der Waals surface area (Å²) >= 11 is 0. The molecule has 1 aliphatic carbocycles. The van der Waals surface area contributed by atoms with Crippen molar-refractivity contribution < 1.29 is 23.5 Å². The largest absolute Gasteiger partial charge is 0.459 e. The molecule has 0 aromatic carbocycles. The minimum absolute atomic E-state index is 0.0349. The Morgan fingerprint density at radius 1 is 1.05 bits per heavy atom. The summed E-state index contributed by atoms with van der Waals surface area (Å²) in [4.78, 5) is 22.6. The number of alkyl halides is 1. The van der Waals surface area contributed by atoms with E-state index < -0.39 is 30.3 Å². The highest BCUT2D eigenvalue weighted by molar-refractivity contribution is 5.87. The third-order valence-electron chi connectivity index (χ3n) is 2.89. The molecular weight excluding hydrogens is 251 g/mol. The molecule has 19 heavy (non-hydrogen) atoms. The van der Waals surface area contributed by atoms with Gasteiger partial charge in [-0.05, 0) is 26.7 Å². The van der Waals surface area contributed by atoms with Crippen LogP contribution in [0.15, 0.2) is 24.3 Å². The highest BCUT2D eigenvalue weighted by atomic mass is 19.1. The Hall–Kier alpha value is -1.65. The fraction of sp³-hybridized carbons (Fsp3) is 0.571. The Balaban J connectivity index is 2.47.